The molecule has 0 N–H and O–H groups in total. The third-order valence-electron chi connectivity index (χ3n) is 9.22. The van der Waals surface area contributed by atoms with Gasteiger partial charge in [-0.25, -0.2) is 0 Å². The molecule has 0 bridgehead atoms. The molecule has 0 fully saturated rings. The van der Waals surface area contributed by atoms with Crippen molar-refractivity contribution in [1.82, 2.24) is 0 Å². The van der Waals surface area contributed by atoms with Gasteiger partial charge in [-0.15, -0.1) is 0 Å². The van der Waals surface area contributed by atoms with E-state index in [2.05, 4.69) is 98.8 Å². The molecule has 195 valence electrons. The third-order valence-corrected chi connectivity index (χ3v) is 54.3. The van der Waals surface area contributed by atoms with Crippen LogP contribution in [-0.2, 0) is 28.4 Å². The zero-order chi connectivity index (χ0) is 26.4. The summed E-state index contributed by atoms with van der Waals surface area (Å²) in [5.74, 6) is -1.59. The predicted octanol–water partition coefficient (Wildman–Crippen LogP) is 9.10. The van der Waals surface area contributed by atoms with Crippen molar-refractivity contribution >= 4 is 29.5 Å². The molecule has 0 radical (unpaired) electrons. The molecule has 0 aliphatic heterocycles. The van der Waals surface area contributed by atoms with Crippen molar-refractivity contribution in [3.8, 4) is 22.3 Å². The Kier molecular flexibility index (Phi) is 7.41. The quantitative estimate of drug-likeness (QED) is 0.139. The fraction of sp³-hybridized carbons (Fsp3) is 0.294. The van der Waals surface area contributed by atoms with Crippen molar-refractivity contribution in [3.05, 3.63) is 107 Å². The SMILES string of the molecule is CCCC[SiH](CCCC)[Zr]([Cl])([Cl])([c]1cccc2c1Cc1ccccc1-2)[c]1cccc2c1Cc1ccccc1-2. The van der Waals surface area contributed by atoms with E-state index in [9.17, 15) is 0 Å². The molecular formula is C34H37Cl2SiZr. The predicted molar refractivity (Wildman–Crippen MR) is 167 cm³/mol. The Bertz CT molecular complexity index is 1400. The van der Waals surface area contributed by atoms with Gasteiger partial charge in [0.05, 0.1) is 0 Å². The topological polar surface area (TPSA) is 0 Å². The van der Waals surface area contributed by atoms with Crippen LogP contribution in [0.15, 0.2) is 84.9 Å². The summed E-state index contributed by atoms with van der Waals surface area (Å²) < 4.78 is 2.72. The molecule has 4 aromatic rings. The molecule has 6 rings (SSSR count). The van der Waals surface area contributed by atoms with Crippen molar-refractivity contribution in [3.63, 3.8) is 0 Å². The second-order valence-corrected chi connectivity index (χ2v) is 49.5. The summed E-state index contributed by atoms with van der Waals surface area (Å²) in [6, 6.07) is 34.1. The summed E-state index contributed by atoms with van der Waals surface area (Å²) >= 11 is -4.80. The summed E-state index contributed by atoms with van der Waals surface area (Å²) in [6.07, 6.45) is 6.76. The molecule has 2 aliphatic carbocycles. The van der Waals surface area contributed by atoms with Gasteiger partial charge in [0, 0.05) is 0 Å². The van der Waals surface area contributed by atoms with E-state index in [-0.39, 0.29) is 0 Å². The summed E-state index contributed by atoms with van der Waals surface area (Å²) in [4.78, 5) is 0. The van der Waals surface area contributed by atoms with E-state index in [1.807, 2.05) is 0 Å². The van der Waals surface area contributed by atoms with Gasteiger partial charge in [0.15, 0.2) is 0 Å². The van der Waals surface area contributed by atoms with Crippen LogP contribution in [0.1, 0.15) is 61.8 Å². The van der Waals surface area contributed by atoms with Gasteiger partial charge in [0.1, 0.15) is 0 Å². The van der Waals surface area contributed by atoms with E-state index < -0.39 is 21.5 Å². The molecule has 2 aliphatic rings. The average molecular weight is 636 g/mol. The van der Waals surface area contributed by atoms with Crippen molar-refractivity contribution in [1.29, 1.82) is 0 Å². The minimum atomic E-state index is -4.80. The van der Waals surface area contributed by atoms with Crippen LogP contribution in [0.2, 0.25) is 12.1 Å². The van der Waals surface area contributed by atoms with Crippen LogP contribution < -0.4 is 6.54 Å². The van der Waals surface area contributed by atoms with Crippen LogP contribution in [0, 0.1) is 0 Å². The van der Waals surface area contributed by atoms with Crippen LogP contribution in [0.5, 0.6) is 0 Å². The molecule has 38 heavy (non-hydrogen) atoms. The first-order chi connectivity index (χ1) is 18.5. The van der Waals surface area contributed by atoms with Gasteiger partial charge in [-0.05, 0) is 0 Å². The van der Waals surface area contributed by atoms with Crippen LogP contribution in [-0.4, -0.2) is 5.92 Å². The van der Waals surface area contributed by atoms with Crippen molar-refractivity contribution in [2.24, 2.45) is 0 Å². The van der Waals surface area contributed by atoms with Gasteiger partial charge in [-0.2, -0.15) is 0 Å². The summed E-state index contributed by atoms with van der Waals surface area (Å²) in [5, 5.41) is 0. The maximum absolute atomic E-state index is 8.57. The van der Waals surface area contributed by atoms with Crippen molar-refractivity contribution < 1.29 is 15.6 Å². The zero-order valence-corrected chi connectivity index (χ0v) is 27.7. The van der Waals surface area contributed by atoms with Crippen LogP contribution in [0.3, 0.4) is 0 Å². The number of unbranched alkanes of at least 4 members (excludes halogenated alkanes) is 2. The van der Waals surface area contributed by atoms with Gasteiger partial charge in [0.2, 0.25) is 0 Å². The number of hydrogen-bond donors (Lipinski definition) is 0. The van der Waals surface area contributed by atoms with Gasteiger partial charge in [0.25, 0.3) is 0 Å². The summed E-state index contributed by atoms with van der Waals surface area (Å²) in [7, 11) is 17.1. The number of benzene rings is 4. The Morgan fingerprint density at radius 1 is 0.579 bits per heavy atom. The minimum absolute atomic E-state index is 0.947. The normalized spacial score (nSPS) is 14.5. The second-order valence-electron chi connectivity index (χ2n) is 11.4. The number of fused-ring (bicyclic) bond motifs is 6. The van der Waals surface area contributed by atoms with Gasteiger partial charge in [-0.1, -0.05) is 0 Å². The Hall–Kier alpha value is -1.44. The Morgan fingerprint density at radius 3 is 1.45 bits per heavy atom. The molecule has 0 saturated heterocycles. The second kappa shape index (κ2) is 10.5. The molecule has 4 heteroatoms. The summed E-state index contributed by atoms with van der Waals surface area (Å²) in [6.45, 7) is 4.62. The first-order valence-corrected chi connectivity index (χ1v) is 29.7. The van der Waals surface area contributed by atoms with Crippen molar-refractivity contribution in [2.75, 3.05) is 0 Å². The van der Waals surface area contributed by atoms with Crippen LogP contribution in [0.25, 0.3) is 22.3 Å². The Morgan fingerprint density at radius 2 is 1.00 bits per heavy atom. The first kappa shape index (κ1) is 26.8. The van der Waals surface area contributed by atoms with E-state index in [0.717, 1.165) is 12.8 Å². The van der Waals surface area contributed by atoms with Gasteiger partial charge >= 0.3 is 239 Å². The molecule has 0 spiro atoms. The number of halogens is 2. The van der Waals surface area contributed by atoms with Crippen LogP contribution in [0.4, 0.5) is 0 Å². The standard InChI is InChI=1S/2C13H9.C8H19Si.2ClH.Zr/c2*1-3-7-12-10(5-1)9-11-6-2-4-8-13(11)12;1-3-5-7-9-8-6-4-2;;;/h2*1-5,7-8H,9H2;9H,3-8H2,1-2H3;2*1H;/q;;;;;+2/p-2. The number of hydrogen-bond acceptors (Lipinski definition) is 0. The van der Waals surface area contributed by atoms with E-state index in [4.69, 9.17) is 17.0 Å². The molecule has 0 saturated carbocycles. The molecular weight excluding hydrogens is 599 g/mol. The maximum atomic E-state index is 8.57. The molecule has 0 unspecified atom stereocenters. The summed E-state index contributed by atoms with van der Waals surface area (Å²) in [5.41, 5.74) is 11.1. The molecule has 0 atom stereocenters. The molecule has 0 aromatic heterocycles. The molecule has 0 heterocycles. The Labute approximate surface area is 237 Å². The Balaban J connectivity index is 1.63. The van der Waals surface area contributed by atoms with Crippen molar-refractivity contribution in [2.45, 2.75) is 64.5 Å². The van der Waals surface area contributed by atoms with Gasteiger partial charge in [-0.3, -0.25) is 0 Å². The molecule has 0 amide bonds. The fourth-order valence-electron chi connectivity index (χ4n) is 7.31. The van der Waals surface area contributed by atoms with E-state index in [1.54, 1.807) is 0 Å². The monoisotopic (exact) mass is 633 g/mol. The van der Waals surface area contributed by atoms with Crippen LogP contribution >= 0.6 is 17.0 Å². The zero-order valence-electron chi connectivity index (χ0n) is 22.6. The molecule has 4 aromatic carbocycles. The average Bonchev–Trinajstić information content (AvgIpc) is 3.51. The fourth-order valence-corrected chi connectivity index (χ4v) is 49.9. The van der Waals surface area contributed by atoms with Gasteiger partial charge < -0.3 is 0 Å². The molecule has 0 nitrogen and oxygen atoms in total. The van der Waals surface area contributed by atoms with E-state index in [0.29, 0.717) is 0 Å². The number of rotatable bonds is 9. The van der Waals surface area contributed by atoms with E-state index >= 15 is 0 Å². The third kappa shape index (κ3) is 4.17. The first-order valence-electron chi connectivity index (χ1n) is 14.5. The van der Waals surface area contributed by atoms with E-state index in [1.165, 1.54) is 88.8 Å².